The van der Waals surface area contributed by atoms with E-state index in [4.69, 9.17) is 0 Å². The van der Waals surface area contributed by atoms with Crippen LogP contribution in [0.3, 0.4) is 0 Å². The molecule has 3 nitrogen and oxygen atoms in total. The van der Waals surface area contributed by atoms with Gasteiger partial charge in [0.2, 0.25) is 0 Å². The Morgan fingerprint density at radius 2 is 1.92 bits per heavy atom. The first kappa shape index (κ1) is 18.1. The predicted molar refractivity (Wildman–Crippen MR) is 85.1 cm³/mol. The summed E-state index contributed by atoms with van der Waals surface area (Å²) in [5.41, 5.74) is 0.654. The maximum absolute atomic E-state index is 12.8. The van der Waals surface area contributed by atoms with Gasteiger partial charge in [0.1, 0.15) is 5.69 Å². The molecule has 24 heavy (non-hydrogen) atoms. The Kier molecular flexibility index (Phi) is 5.36. The molecule has 0 saturated heterocycles. The lowest BCUT2D eigenvalue weighted by atomic mass is 10.0. The Balaban J connectivity index is 2.27. The van der Waals surface area contributed by atoms with Gasteiger partial charge in [0, 0.05) is 12.7 Å². The Hall–Kier alpha value is -2.24. The van der Waals surface area contributed by atoms with Gasteiger partial charge in [-0.2, -0.15) is 13.2 Å². The van der Waals surface area contributed by atoms with Crippen LogP contribution in [0.2, 0.25) is 0 Å². The number of aromatic nitrogens is 1. The molecule has 0 radical (unpaired) electrons. The minimum absolute atomic E-state index is 0.0890. The first-order chi connectivity index (χ1) is 11.2. The maximum Gasteiger partial charge on any atom is 0.416 e. The molecule has 0 aliphatic carbocycles. The lowest BCUT2D eigenvalue weighted by Gasteiger charge is -2.10. The molecule has 1 aromatic heterocycles. The summed E-state index contributed by atoms with van der Waals surface area (Å²) in [7, 11) is 0. The van der Waals surface area contributed by atoms with Crippen LogP contribution in [-0.2, 0) is 19.1 Å². The summed E-state index contributed by atoms with van der Waals surface area (Å²) in [5.74, 6) is -0.595. The number of aryl methyl sites for hydroxylation is 1. The van der Waals surface area contributed by atoms with Gasteiger partial charge < -0.3 is 9.67 Å². The minimum Gasteiger partial charge on any atom is -0.477 e. The fourth-order valence-corrected chi connectivity index (χ4v) is 2.52. The summed E-state index contributed by atoms with van der Waals surface area (Å²) in [6.45, 7) is 4.25. The Bertz CT molecular complexity index is 717. The third-order valence-corrected chi connectivity index (χ3v) is 3.79. The Morgan fingerprint density at radius 3 is 2.50 bits per heavy atom. The molecule has 0 unspecified atom stereocenters. The van der Waals surface area contributed by atoms with Crippen LogP contribution in [-0.4, -0.2) is 15.6 Å². The van der Waals surface area contributed by atoms with Crippen molar-refractivity contribution in [1.82, 2.24) is 4.57 Å². The molecule has 0 aliphatic rings. The van der Waals surface area contributed by atoms with Crippen molar-refractivity contribution in [3.05, 3.63) is 58.9 Å². The molecular weight excluding hydrogens is 319 g/mol. The number of hydrogen-bond donors (Lipinski definition) is 1. The van der Waals surface area contributed by atoms with E-state index in [1.807, 2.05) is 0 Å². The van der Waals surface area contributed by atoms with Crippen molar-refractivity contribution >= 4 is 5.97 Å². The summed E-state index contributed by atoms with van der Waals surface area (Å²) in [6.07, 6.45) is -1.03. The van der Waals surface area contributed by atoms with Crippen molar-refractivity contribution in [2.45, 2.75) is 39.4 Å². The van der Waals surface area contributed by atoms with E-state index in [1.165, 1.54) is 10.6 Å². The van der Waals surface area contributed by atoms with Gasteiger partial charge in [-0.3, -0.25) is 0 Å². The molecule has 1 N–H and O–H groups in total. The van der Waals surface area contributed by atoms with Gasteiger partial charge in [-0.25, -0.2) is 4.79 Å². The fourth-order valence-electron chi connectivity index (χ4n) is 2.52. The molecule has 2 aromatic rings. The van der Waals surface area contributed by atoms with Crippen LogP contribution in [0.5, 0.6) is 0 Å². The van der Waals surface area contributed by atoms with E-state index in [0.717, 1.165) is 30.5 Å². The summed E-state index contributed by atoms with van der Waals surface area (Å²) in [4.78, 5) is 11.4. The van der Waals surface area contributed by atoms with Gasteiger partial charge in [0.15, 0.2) is 0 Å². The largest absolute Gasteiger partial charge is 0.477 e. The third kappa shape index (κ3) is 4.63. The molecule has 130 valence electrons. The smallest absolute Gasteiger partial charge is 0.416 e. The minimum atomic E-state index is -4.41. The van der Waals surface area contributed by atoms with Crippen molar-refractivity contribution in [2.75, 3.05) is 0 Å². The molecule has 0 saturated carbocycles. The maximum atomic E-state index is 12.8. The van der Waals surface area contributed by atoms with Crippen molar-refractivity contribution in [3.8, 4) is 0 Å². The molecule has 1 aromatic carbocycles. The van der Waals surface area contributed by atoms with E-state index >= 15 is 0 Å². The van der Waals surface area contributed by atoms with Crippen molar-refractivity contribution < 1.29 is 23.1 Å². The van der Waals surface area contributed by atoms with Crippen LogP contribution in [0.15, 0.2) is 36.5 Å². The van der Waals surface area contributed by atoms with Crippen LogP contribution < -0.4 is 0 Å². The second-order valence-electron chi connectivity index (χ2n) is 6.30. The lowest BCUT2D eigenvalue weighted by molar-refractivity contribution is -0.137. The number of alkyl halides is 3. The number of carbonyl (C=O) groups is 1. The normalized spacial score (nSPS) is 11.9. The number of hydrogen-bond acceptors (Lipinski definition) is 1. The van der Waals surface area contributed by atoms with Gasteiger partial charge in [0.05, 0.1) is 5.56 Å². The van der Waals surface area contributed by atoms with E-state index in [1.54, 1.807) is 18.3 Å². The van der Waals surface area contributed by atoms with E-state index < -0.39 is 17.7 Å². The molecule has 0 atom stereocenters. The standard InChI is InChI=1S/C18H20F3NO2/c1-12(2)6-7-14-9-16(17(23)24)22(11-14)10-13-4-3-5-15(8-13)18(19,20)21/h3-5,8-9,11-12H,6-7,10H2,1-2H3,(H,23,24). The number of carboxylic acid groups (broad SMARTS) is 1. The fraction of sp³-hybridized carbons (Fsp3) is 0.389. The molecular formula is C18H20F3NO2. The molecule has 0 amide bonds. The Morgan fingerprint density at radius 1 is 1.21 bits per heavy atom. The number of rotatable bonds is 6. The van der Waals surface area contributed by atoms with Gasteiger partial charge in [-0.15, -0.1) is 0 Å². The summed E-state index contributed by atoms with van der Waals surface area (Å²) >= 11 is 0. The van der Waals surface area contributed by atoms with Crippen LogP contribution in [0.25, 0.3) is 0 Å². The topological polar surface area (TPSA) is 42.2 Å². The van der Waals surface area contributed by atoms with Crippen LogP contribution in [0, 0.1) is 5.92 Å². The second kappa shape index (κ2) is 7.11. The highest BCUT2D eigenvalue weighted by Crippen LogP contribution is 2.29. The number of aromatic carboxylic acids is 1. The number of nitrogens with zero attached hydrogens (tertiary/aromatic N) is 1. The molecule has 1 heterocycles. The molecule has 2 rings (SSSR count). The van der Waals surface area contributed by atoms with E-state index in [0.29, 0.717) is 11.5 Å². The van der Waals surface area contributed by atoms with E-state index in [2.05, 4.69) is 13.8 Å². The van der Waals surface area contributed by atoms with Crippen molar-refractivity contribution in [2.24, 2.45) is 5.92 Å². The zero-order chi connectivity index (χ0) is 17.9. The van der Waals surface area contributed by atoms with Crippen LogP contribution >= 0.6 is 0 Å². The first-order valence-corrected chi connectivity index (χ1v) is 7.75. The lowest BCUT2D eigenvalue weighted by Crippen LogP contribution is -2.10. The summed E-state index contributed by atoms with van der Waals surface area (Å²) in [6, 6.07) is 6.56. The number of benzene rings is 1. The average molecular weight is 339 g/mol. The van der Waals surface area contributed by atoms with Gasteiger partial charge >= 0.3 is 12.1 Å². The molecule has 0 fully saturated rings. The highest BCUT2D eigenvalue weighted by Gasteiger charge is 2.30. The number of carboxylic acids is 1. The zero-order valence-corrected chi connectivity index (χ0v) is 13.6. The van der Waals surface area contributed by atoms with E-state index in [-0.39, 0.29) is 12.2 Å². The first-order valence-electron chi connectivity index (χ1n) is 7.75. The third-order valence-electron chi connectivity index (χ3n) is 3.79. The molecule has 0 bridgehead atoms. The van der Waals surface area contributed by atoms with Crippen molar-refractivity contribution in [3.63, 3.8) is 0 Å². The SMILES string of the molecule is CC(C)CCc1cc(C(=O)O)n(Cc2cccc(C(F)(F)F)c2)c1. The van der Waals surface area contributed by atoms with Crippen LogP contribution in [0.1, 0.15) is 47.4 Å². The average Bonchev–Trinajstić information content (AvgIpc) is 2.88. The highest BCUT2D eigenvalue weighted by atomic mass is 19.4. The van der Waals surface area contributed by atoms with Gasteiger partial charge in [-0.05, 0) is 48.1 Å². The second-order valence-corrected chi connectivity index (χ2v) is 6.30. The summed E-state index contributed by atoms with van der Waals surface area (Å²) in [5, 5.41) is 9.32. The Labute approximate surface area is 138 Å². The zero-order valence-electron chi connectivity index (χ0n) is 13.6. The van der Waals surface area contributed by atoms with Gasteiger partial charge in [-0.1, -0.05) is 26.0 Å². The highest BCUT2D eigenvalue weighted by molar-refractivity contribution is 5.86. The van der Waals surface area contributed by atoms with Gasteiger partial charge in [0.25, 0.3) is 0 Å². The number of halogens is 3. The summed E-state index contributed by atoms with van der Waals surface area (Å²) < 4.78 is 39.9. The van der Waals surface area contributed by atoms with Crippen LogP contribution in [0.4, 0.5) is 13.2 Å². The molecule has 0 spiro atoms. The molecule has 0 aliphatic heterocycles. The predicted octanol–water partition coefficient (Wildman–Crippen LogP) is 4.84. The van der Waals surface area contributed by atoms with Crippen molar-refractivity contribution in [1.29, 1.82) is 0 Å². The monoisotopic (exact) mass is 339 g/mol. The van der Waals surface area contributed by atoms with E-state index in [9.17, 15) is 23.1 Å². The molecule has 6 heteroatoms. The quantitative estimate of drug-likeness (QED) is 0.818.